The number of hydrogen-bond donors (Lipinski definition) is 2. The Labute approximate surface area is 103 Å². The zero-order valence-electron chi connectivity index (χ0n) is 10.7. The summed E-state index contributed by atoms with van der Waals surface area (Å²) >= 11 is 0. The third-order valence-electron chi connectivity index (χ3n) is 2.61. The van der Waals surface area contributed by atoms with Crippen molar-refractivity contribution in [2.75, 3.05) is 7.05 Å². The van der Waals surface area contributed by atoms with Gasteiger partial charge in [0.25, 0.3) is 0 Å². The summed E-state index contributed by atoms with van der Waals surface area (Å²) in [7, 11) is 1.78. The van der Waals surface area contributed by atoms with Crippen molar-refractivity contribution < 1.29 is 4.79 Å². The number of benzene rings is 1. The lowest BCUT2D eigenvalue weighted by molar-refractivity contribution is -0.123. The van der Waals surface area contributed by atoms with Gasteiger partial charge in [0.1, 0.15) is 6.04 Å². The van der Waals surface area contributed by atoms with Crippen LogP contribution in [0.5, 0.6) is 0 Å². The van der Waals surface area contributed by atoms with Crippen molar-refractivity contribution in [2.24, 2.45) is 5.92 Å². The van der Waals surface area contributed by atoms with Gasteiger partial charge in [-0.2, -0.15) is 0 Å². The van der Waals surface area contributed by atoms with Crippen LogP contribution in [-0.2, 0) is 4.79 Å². The van der Waals surface area contributed by atoms with E-state index in [0.717, 1.165) is 5.56 Å². The van der Waals surface area contributed by atoms with E-state index in [1.165, 1.54) is 0 Å². The Morgan fingerprint density at radius 1 is 1.24 bits per heavy atom. The molecule has 0 saturated carbocycles. The van der Waals surface area contributed by atoms with Crippen molar-refractivity contribution >= 4 is 5.78 Å². The van der Waals surface area contributed by atoms with Crippen molar-refractivity contribution in [2.45, 2.75) is 19.9 Å². The summed E-state index contributed by atoms with van der Waals surface area (Å²) in [6.45, 7) is 7.62. The Morgan fingerprint density at radius 2 is 1.82 bits per heavy atom. The van der Waals surface area contributed by atoms with E-state index < -0.39 is 0 Å². The van der Waals surface area contributed by atoms with Crippen LogP contribution in [0, 0.1) is 5.92 Å². The number of carbonyl (C=O) groups excluding carboxylic acids is 1. The maximum atomic E-state index is 12.2. The van der Waals surface area contributed by atoms with E-state index in [-0.39, 0.29) is 17.7 Å². The highest BCUT2D eigenvalue weighted by molar-refractivity contribution is 5.87. The van der Waals surface area contributed by atoms with E-state index in [0.29, 0.717) is 5.82 Å². The molecule has 3 heteroatoms. The third-order valence-corrected chi connectivity index (χ3v) is 2.61. The molecule has 0 aliphatic heterocycles. The molecule has 0 aromatic heterocycles. The number of carbonyl (C=O) groups is 1. The lowest BCUT2D eigenvalue weighted by Crippen LogP contribution is -2.34. The van der Waals surface area contributed by atoms with Gasteiger partial charge in [0.05, 0.1) is 5.82 Å². The maximum Gasteiger partial charge on any atom is 0.162 e. The first kappa shape index (κ1) is 13.3. The van der Waals surface area contributed by atoms with Gasteiger partial charge in [-0.05, 0) is 5.56 Å². The molecule has 0 fully saturated rings. The molecule has 2 N–H and O–H groups in total. The highest BCUT2D eigenvalue weighted by Gasteiger charge is 2.22. The second-order valence-corrected chi connectivity index (χ2v) is 4.27. The predicted molar refractivity (Wildman–Crippen MR) is 70.4 cm³/mol. The van der Waals surface area contributed by atoms with E-state index in [2.05, 4.69) is 17.2 Å². The highest BCUT2D eigenvalue weighted by atomic mass is 16.1. The van der Waals surface area contributed by atoms with Gasteiger partial charge in [0.2, 0.25) is 0 Å². The fourth-order valence-electron chi connectivity index (χ4n) is 1.54. The molecule has 3 nitrogen and oxygen atoms in total. The number of Topliss-reactive ketones (excluding diaryl/α,β-unsaturated/α-hetero) is 1. The third kappa shape index (κ3) is 3.63. The average molecular weight is 232 g/mol. The molecule has 1 atom stereocenters. The van der Waals surface area contributed by atoms with Crippen LogP contribution in [-0.4, -0.2) is 12.8 Å². The van der Waals surface area contributed by atoms with Gasteiger partial charge in [-0.15, -0.1) is 0 Å². The fraction of sp³-hybridized carbons (Fsp3) is 0.357. The first-order chi connectivity index (χ1) is 8.06. The Hall–Kier alpha value is -1.77. The fourth-order valence-corrected chi connectivity index (χ4v) is 1.54. The molecular formula is C14H20N2O. The second-order valence-electron chi connectivity index (χ2n) is 4.27. The van der Waals surface area contributed by atoms with Gasteiger partial charge in [0, 0.05) is 13.0 Å². The summed E-state index contributed by atoms with van der Waals surface area (Å²) in [6.07, 6.45) is 0. The van der Waals surface area contributed by atoms with Crippen LogP contribution in [0.1, 0.15) is 25.5 Å². The molecule has 92 valence electrons. The topological polar surface area (TPSA) is 41.1 Å². The van der Waals surface area contributed by atoms with Crippen molar-refractivity contribution in [3.8, 4) is 0 Å². The molecule has 0 spiro atoms. The Balaban J connectivity index is 2.94. The predicted octanol–water partition coefficient (Wildman–Crippen LogP) is 2.23. The molecule has 0 saturated heterocycles. The molecule has 1 aromatic carbocycles. The van der Waals surface area contributed by atoms with Crippen LogP contribution in [0.2, 0.25) is 0 Å². The van der Waals surface area contributed by atoms with Gasteiger partial charge in [-0.1, -0.05) is 50.8 Å². The molecule has 17 heavy (non-hydrogen) atoms. The summed E-state index contributed by atoms with van der Waals surface area (Å²) in [4.78, 5) is 12.2. The second kappa shape index (κ2) is 6.09. The minimum Gasteiger partial charge on any atom is -0.375 e. The molecule has 1 aromatic rings. The molecule has 0 radical (unpaired) electrons. The van der Waals surface area contributed by atoms with Crippen LogP contribution in [0.3, 0.4) is 0 Å². The average Bonchev–Trinajstić information content (AvgIpc) is 2.35. The van der Waals surface area contributed by atoms with Crippen molar-refractivity contribution in [1.82, 2.24) is 10.6 Å². The number of nitrogens with one attached hydrogen (secondary N) is 2. The molecule has 0 heterocycles. The van der Waals surface area contributed by atoms with E-state index in [4.69, 9.17) is 0 Å². The Bertz CT molecular complexity index is 384. The van der Waals surface area contributed by atoms with Gasteiger partial charge in [-0.3, -0.25) is 4.79 Å². The Morgan fingerprint density at radius 3 is 2.29 bits per heavy atom. The van der Waals surface area contributed by atoms with Crippen molar-refractivity contribution in [3.63, 3.8) is 0 Å². The van der Waals surface area contributed by atoms with E-state index >= 15 is 0 Å². The summed E-state index contributed by atoms with van der Waals surface area (Å²) in [5.74, 6) is 0.790. The Kier molecular flexibility index (Phi) is 4.76. The molecule has 0 amide bonds. The zero-order valence-corrected chi connectivity index (χ0v) is 10.7. The van der Waals surface area contributed by atoms with Gasteiger partial charge in [-0.25, -0.2) is 0 Å². The quantitative estimate of drug-likeness (QED) is 0.790. The molecule has 0 unspecified atom stereocenters. The molecular weight excluding hydrogens is 212 g/mol. The van der Waals surface area contributed by atoms with E-state index in [1.54, 1.807) is 7.05 Å². The normalized spacial score (nSPS) is 12.0. The van der Waals surface area contributed by atoms with Crippen LogP contribution >= 0.6 is 0 Å². The number of hydrogen-bond acceptors (Lipinski definition) is 3. The molecule has 0 aliphatic carbocycles. The van der Waals surface area contributed by atoms with Crippen molar-refractivity contribution in [1.29, 1.82) is 0 Å². The van der Waals surface area contributed by atoms with Gasteiger partial charge < -0.3 is 10.6 Å². The molecule has 0 bridgehead atoms. The minimum absolute atomic E-state index is 0.0163. The number of ketones is 1. The van der Waals surface area contributed by atoms with Gasteiger partial charge >= 0.3 is 0 Å². The van der Waals surface area contributed by atoms with Crippen LogP contribution in [0.25, 0.3) is 0 Å². The van der Waals surface area contributed by atoms with Crippen LogP contribution in [0.4, 0.5) is 0 Å². The molecule has 0 aliphatic rings. The summed E-state index contributed by atoms with van der Waals surface area (Å²) < 4.78 is 0. The first-order valence-corrected chi connectivity index (χ1v) is 5.78. The SMILES string of the molecule is C=C(NC)N[C@@H](C(=O)C(C)C)c1ccccc1. The van der Waals surface area contributed by atoms with Gasteiger partial charge in [0.15, 0.2) is 5.78 Å². The lowest BCUT2D eigenvalue weighted by Gasteiger charge is -2.22. The maximum absolute atomic E-state index is 12.2. The minimum atomic E-state index is -0.337. The first-order valence-electron chi connectivity index (χ1n) is 5.78. The lowest BCUT2D eigenvalue weighted by atomic mass is 9.95. The largest absolute Gasteiger partial charge is 0.375 e. The van der Waals surface area contributed by atoms with Crippen LogP contribution in [0.15, 0.2) is 42.7 Å². The summed E-state index contributed by atoms with van der Waals surface area (Å²) in [6, 6.07) is 9.35. The number of rotatable bonds is 6. The monoisotopic (exact) mass is 232 g/mol. The van der Waals surface area contributed by atoms with Crippen molar-refractivity contribution in [3.05, 3.63) is 48.3 Å². The summed E-state index contributed by atoms with van der Waals surface area (Å²) in [5.41, 5.74) is 0.961. The van der Waals surface area contributed by atoms with E-state index in [1.807, 2.05) is 44.2 Å². The standard InChI is InChI=1S/C14H20N2O/c1-10(2)14(17)13(16-11(3)15-4)12-8-6-5-7-9-12/h5-10,13,15-16H,3H2,1-2,4H3/t13-/m1/s1. The smallest absolute Gasteiger partial charge is 0.162 e. The van der Waals surface area contributed by atoms with E-state index in [9.17, 15) is 4.79 Å². The van der Waals surface area contributed by atoms with Crippen LogP contribution < -0.4 is 10.6 Å². The molecule has 1 rings (SSSR count). The highest BCUT2D eigenvalue weighted by Crippen LogP contribution is 2.18. The summed E-state index contributed by atoms with van der Waals surface area (Å²) in [5, 5.41) is 6.01. The zero-order chi connectivity index (χ0) is 12.8.